The summed E-state index contributed by atoms with van der Waals surface area (Å²) < 4.78 is 5.36. The molecule has 3 atom stereocenters. The fourth-order valence-electron chi connectivity index (χ4n) is 2.95. The molecule has 2 fully saturated rings. The molecule has 4 nitrogen and oxygen atoms in total. The van der Waals surface area contributed by atoms with E-state index in [0.717, 1.165) is 12.5 Å². The zero-order valence-corrected chi connectivity index (χ0v) is 10.8. The largest absolute Gasteiger partial charge is 0.481 e. The minimum absolute atomic E-state index is 0.0613. The second-order valence-electron chi connectivity index (χ2n) is 5.41. The van der Waals surface area contributed by atoms with Crippen LogP contribution < -0.4 is 0 Å². The van der Waals surface area contributed by atoms with Gasteiger partial charge in [-0.2, -0.15) is 0 Å². The van der Waals surface area contributed by atoms with Crippen molar-refractivity contribution < 1.29 is 14.6 Å². The fraction of sp³-hybridized carbons (Fsp3) is 0.923. The van der Waals surface area contributed by atoms with Crippen molar-refractivity contribution in [2.45, 2.75) is 45.2 Å². The lowest BCUT2D eigenvalue weighted by Crippen LogP contribution is -2.47. The Hall–Kier alpha value is -0.610. The molecule has 0 amide bonds. The maximum absolute atomic E-state index is 11.2. The van der Waals surface area contributed by atoms with Gasteiger partial charge < -0.3 is 9.84 Å². The van der Waals surface area contributed by atoms with Crippen LogP contribution in [0.5, 0.6) is 0 Å². The summed E-state index contributed by atoms with van der Waals surface area (Å²) in [6.45, 7) is 6.18. The van der Waals surface area contributed by atoms with Gasteiger partial charge in [-0.05, 0) is 25.8 Å². The molecule has 1 saturated carbocycles. The molecule has 0 spiro atoms. The van der Waals surface area contributed by atoms with Crippen molar-refractivity contribution in [1.29, 1.82) is 0 Å². The Kier molecular flexibility index (Phi) is 4.05. The van der Waals surface area contributed by atoms with E-state index >= 15 is 0 Å². The summed E-state index contributed by atoms with van der Waals surface area (Å²) in [5.41, 5.74) is 0. The number of aliphatic carboxylic acids is 1. The zero-order valence-electron chi connectivity index (χ0n) is 10.8. The molecule has 1 aliphatic carbocycles. The van der Waals surface area contributed by atoms with Crippen LogP contribution in [0.4, 0.5) is 0 Å². The molecule has 1 saturated heterocycles. The molecule has 2 aliphatic rings. The van der Waals surface area contributed by atoms with Gasteiger partial charge in [0.2, 0.25) is 0 Å². The number of likely N-dealkylation sites (N-methyl/N-ethyl adjacent to an activating group) is 1. The number of carbonyl (C=O) groups is 1. The van der Waals surface area contributed by atoms with Gasteiger partial charge in [-0.15, -0.1) is 0 Å². The highest BCUT2D eigenvalue weighted by Gasteiger charge is 2.39. The Morgan fingerprint density at radius 1 is 1.47 bits per heavy atom. The van der Waals surface area contributed by atoms with Crippen LogP contribution in [-0.4, -0.2) is 47.8 Å². The summed E-state index contributed by atoms with van der Waals surface area (Å²) in [4.78, 5) is 13.5. The van der Waals surface area contributed by atoms with Gasteiger partial charge >= 0.3 is 5.97 Å². The van der Waals surface area contributed by atoms with Gasteiger partial charge in [-0.3, -0.25) is 9.69 Å². The highest BCUT2D eigenvalue weighted by molar-refractivity contribution is 5.71. The van der Waals surface area contributed by atoms with E-state index < -0.39 is 5.97 Å². The number of hydrogen-bond donors (Lipinski definition) is 1. The van der Waals surface area contributed by atoms with E-state index in [2.05, 4.69) is 18.7 Å². The lowest BCUT2D eigenvalue weighted by Gasteiger charge is -2.34. The van der Waals surface area contributed by atoms with E-state index in [1.807, 2.05) is 0 Å². The van der Waals surface area contributed by atoms with E-state index in [1.165, 1.54) is 19.3 Å². The third-order valence-electron chi connectivity index (χ3n) is 4.10. The normalized spacial score (nSPS) is 30.8. The predicted octanol–water partition coefficient (Wildman–Crippen LogP) is 1.60. The second-order valence-corrected chi connectivity index (χ2v) is 5.41. The standard InChI is InChI=1S/C13H23NO3/c1-3-14(9(2)6-10-4-5-10)12-8-17-7-11(12)13(15)16/h9-12H,3-8H2,1-2H3,(H,15,16). The number of nitrogens with zero attached hydrogens (tertiary/aromatic N) is 1. The molecule has 3 unspecified atom stereocenters. The smallest absolute Gasteiger partial charge is 0.310 e. The van der Waals surface area contributed by atoms with Crippen LogP contribution in [-0.2, 0) is 9.53 Å². The Morgan fingerprint density at radius 2 is 2.18 bits per heavy atom. The summed E-state index contributed by atoms with van der Waals surface area (Å²) in [6, 6.07) is 0.535. The van der Waals surface area contributed by atoms with E-state index in [9.17, 15) is 9.90 Å². The lowest BCUT2D eigenvalue weighted by atomic mass is 9.99. The first-order chi connectivity index (χ1) is 8.13. The van der Waals surface area contributed by atoms with E-state index in [4.69, 9.17) is 4.74 Å². The number of hydrogen-bond acceptors (Lipinski definition) is 3. The van der Waals surface area contributed by atoms with Gasteiger partial charge in [-0.25, -0.2) is 0 Å². The van der Waals surface area contributed by atoms with Gasteiger partial charge in [0.05, 0.1) is 19.1 Å². The Labute approximate surface area is 103 Å². The first-order valence-electron chi connectivity index (χ1n) is 6.69. The van der Waals surface area contributed by atoms with Crippen LogP contribution in [0.3, 0.4) is 0 Å². The molecule has 0 aromatic rings. The van der Waals surface area contributed by atoms with Crippen molar-refractivity contribution in [2.24, 2.45) is 11.8 Å². The molecule has 4 heteroatoms. The molecule has 1 N–H and O–H groups in total. The monoisotopic (exact) mass is 241 g/mol. The molecule has 1 heterocycles. The molecule has 0 aromatic carbocycles. The minimum Gasteiger partial charge on any atom is -0.481 e. The average molecular weight is 241 g/mol. The number of rotatable bonds is 6. The first kappa shape index (κ1) is 12.8. The molecule has 0 aromatic heterocycles. The summed E-state index contributed by atoms with van der Waals surface area (Å²) in [7, 11) is 0. The molecule has 0 bridgehead atoms. The SMILES string of the molecule is CCN(C(C)CC1CC1)C1COCC1C(=O)O. The van der Waals surface area contributed by atoms with Gasteiger partial charge in [0.25, 0.3) is 0 Å². The van der Waals surface area contributed by atoms with Crippen LogP contribution in [0.25, 0.3) is 0 Å². The van der Waals surface area contributed by atoms with Crippen LogP contribution in [0.1, 0.15) is 33.1 Å². The number of carboxylic acid groups (broad SMARTS) is 1. The van der Waals surface area contributed by atoms with Crippen molar-refractivity contribution in [1.82, 2.24) is 4.90 Å². The number of ether oxygens (including phenoxy) is 1. The predicted molar refractivity (Wildman–Crippen MR) is 64.9 cm³/mol. The third-order valence-corrected chi connectivity index (χ3v) is 4.10. The van der Waals surface area contributed by atoms with Crippen LogP contribution >= 0.6 is 0 Å². The van der Waals surface area contributed by atoms with Gasteiger partial charge in [0.15, 0.2) is 0 Å². The van der Waals surface area contributed by atoms with E-state index in [-0.39, 0.29) is 12.0 Å². The van der Waals surface area contributed by atoms with Crippen molar-refractivity contribution in [3.05, 3.63) is 0 Å². The van der Waals surface area contributed by atoms with Gasteiger partial charge in [0.1, 0.15) is 0 Å². The topological polar surface area (TPSA) is 49.8 Å². The van der Waals surface area contributed by atoms with Crippen molar-refractivity contribution in [2.75, 3.05) is 19.8 Å². The van der Waals surface area contributed by atoms with Crippen LogP contribution in [0.2, 0.25) is 0 Å². The molecule has 2 rings (SSSR count). The average Bonchev–Trinajstić information content (AvgIpc) is 2.95. The summed E-state index contributed by atoms with van der Waals surface area (Å²) in [6.07, 6.45) is 3.91. The van der Waals surface area contributed by atoms with E-state index in [1.54, 1.807) is 0 Å². The second kappa shape index (κ2) is 5.36. The molecule has 17 heavy (non-hydrogen) atoms. The highest BCUT2D eigenvalue weighted by atomic mass is 16.5. The minimum atomic E-state index is -0.718. The quantitative estimate of drug-likeness (QED) is 0.767. The molecular formula is C13H23NO3. The summed E-state index contributed by atoms with van der Waals surface area (Å²) in [5, 5.41) is 9.20. The van der Waals surface area contributed by atoms with Crippen molar-refractivity contribution in [3.8, 4) is 0 Å². The maximum Gasteiger partial charge on any atom is 0.310 e. The zero-order chi connectivity index (χ0) is 12.4. The third kappa shape index (κ3) is 2.99. The Balaban J connectivity index is 1.97. The lowest BCUT2D eigenvalue weighted by molar-refractivity contribution is -0.143. The Bertz CT molecular complexity index is 278. The van der Waals surface area contributed by atoms with Crippen LogP contribution in [0.15, 0.2) is 0 Å². The van der Waals surface area contributed by atoms with Gasteiger partial charge in [-0.1, -0.05) is 19.8 Å². The van der Waals surface area contributed by atoms with Gasteiger partial charge in [0, 0.05) is 12.1 Å². The summed E-state index contributed by atoms with van der Waals surface area (Å²) >= 11 is 0. The Morgan fingerprint density at radius 3 is 2.71 bits per heavy atom. The van der Waals surface area contributed by atoms with E-state index in [0.29, 0.717) is 19.3 Å². The van der Waals surface area contributed by atoms with Crippen molar-refractivity contribution >= 4 is 5.97 Å². The molecule has 0 radical (unpaired) electrons. The summed E-state index contributed by atoms with van der Waals surface area (Å²) in [5.74, 6) is -0.189. The fourth-order valence-corrected chi connectivity index (χ4v) is 2.95. The number of carboxylic acids is 1. The molecule has 1 aliphatic heterocycles. The first-order valence-corrected chi connectivity index (χ1v) is 6.69. The molecule has 98 valence electrons. The maximum atomic E-state index is 11.2. The van der Waals surface area contributed by atoms with Crippen LogP contribution in [0, 0.1) is 11.8 Å². The highest BCUT2D eigenvalue weighted by Crippen LogP contribution is 2.35. The van der Waals surface area contributed by atoms with Crippen molar-refractivity contribution in [3.63, 3.8) is 0 Å². The molecular weight excluding hydrogens is 218 g/mol.